The van der Waals surface area contributed by atoms with E-state index in [2.05, 4.69) is 20.9 Å². The third kappa shape index (κ3) is 2.43. The van der Waals surface area contributed by atoms with Gasteiger partial charge in [-0.2, -0.15) is 0 Å². The third-order valence-electron chi connectivity index (χ3n) is 3.76. The Morgan fingerprint density at radius 3 is 2.42 bits per heavy atom. The molecule has 24 heavy (non-hydrogen) atoms. The summed E-state index contributed by atoms with van der Waals surface area (Å²) in [6.07, 6.45) is 1.70. The highest BCUT2D eigenvalue weighted by atomic mass is 79.9. The first-order valence-electron chi connectivity index (χ1n) is 7.44. The SMILES string of the molecule is O=c1c2ccccc2nc(-c2ccccn2)n1-c1ccccc1Br. The van der Waals surface area contributed by atoms with E-state index >= 15 is 0 Å². The molecular formula is C19H12BrN3O. The highest BCUT2D eigenvalue weighted by Crippen LogP contribution is 2.25. The molecule has 0 saturated heterocycles. The minimum Gasteiger partial charge on any atom is -0.268 e. The molecule has 0 aliphatic heterocycles. The summed E-state index contributed by atoms with van der Waals surface area (Å²) in [5.41, 5.74) is 1.93. The van der Waals surface area contributed by atoms with Crippen LogP contribution >= 0.6 is 15.9 Å². The lowest BCUT2D eigenvalue weighted by Crippen LogP contribution is -2.22. The first-order valence-corrected chi connectivity index (χ1v) is 8.23. The highest BCUT2D eigenvalue weighted by molar-refractivity contribution is 9.10. The number of hydrogen-bond donors (Lipinski definition) is 0. The molecule has 0 radical (unpaired) electrons. The smallest absolute Gasteiger partial charge is 0.266 e. The Kier molecular flexibility index (Phi) is 3.70. The van der Waals surface area contributed by atoms with Gasteiger partial charge in [0.2, 0.25) is 0 Å². The molecule has 0 saturated carbocycles. The maximum Gasteiger partial charge on any atom is 0.266 e. The monoisotopic (exact) mass is 377 g/mol. The van der Waals surface area contributed by atoms with Crippen molar-refractivity contribution in [1.29, 1.82) is 0 Å². The normalized spacial score (nSPS) is 10.9. The van der Waals surface area contributed by atoms with Crippen LogP contribution in [0.2, 0.25) is 0 Å². The lowest BCUT2D eigenvalue weighted by atomic mass is 10.2. The van der Waals surface area contributed by atoms with Gasteiger partial charge < -0.3 is 0 Å². The van der Waals surface area contributed by atoms with Gasteiger partial charge in [-0.05, 0) is 52.3 Å². The summed E-state index contributed by atoms with van der Waals surface area (Å²) in [5, 5.41) is 0.577. The van der Waals surface area contributed by atoms with Crippen molar-refractivity contribution in [3.8, 4) is 17.2 Å². The van der Waals surface area contributed by atoms with Crippen molar-refractivity contribution in [3.05, 3.63) is 87.8 Å². The largest absolute Gasteiger partial charge is 0.268 e. The van der Waals surface area contributed by atoms with E-state index in [-0.39, 0.29) is 5.56 Å². The van der Waals surface area contributed by atoms with Gasteiger partial charge in [0, 0.05) is 10.7 Å². The Hall–Kier alpha value is -2.79. The van der Waals surface area contributed by atoms with Crippen molar-refractivity contribution >= 4 is 26.8 Å². The van der Waals surface area contributed by atoms with Crippen molar-refractivity contribution in [3.63, 3.8) is 0 Å². The molecule has 0 spiro atoms. The minimum atomic E-state index is -0.117. The molecule has 4 aromatic rings. The number of halogens is 1. The molecule has 0 fully saturated rings. The topological polar surface area (TPSA) is 47.8 Å². The van der Waals surface area contributed by atoms with Crippen LogP contribution in [0.4, 0.5) is 0 Å². The van der Waals surface area contributed by atoms with Crippen LogP contribution in [-0.2, 0) is 0 Å². The van der Waals surface area contributed by atoms with Crippen LogP contribution in [0.3, 0.4) is 0 Å². The van der Waals surface area contributed by atoms with Gasteiger partial charge in [0.1, 0.15) is 5.69 Å². The molecule has 0 atom stereocenters. The zero-order valence-electron chi connectivity index (χ0n) is 12.6. The Labute approximate surface area is 146 Å². The van der Waals surface area contributed by atoms with E-state index in [1.165, 1.54) is 0 Å². The molecule has 2 aromatic carbocycles. The summed E-state index contributed by atoms with van der Waals surface area (Å²) >= 11 is 3.53. The first kappa shape index (κ1) is 14.8. The van der Waals surface area contributed by atoms with Gasteiger partial charge in [-0.15, -0.1) is 0 Å². The van der Waals surface area contributed by atoms with Crippen molar-refractivity contribution < 1.29 is 0 Å². The van der Waals surface area contributed by atoms with Crippen LogP contribution in [0.1, 0.15) is 0 Å². The average Bonchev–Trinajstić information content (AvgIpc) is 2.63. The van der Waals surface area contributed by atoms with Crippen molar-refractivity contribution in [1.82, 2.24) is 14.5 Å². The molecular weight excluding hydrogens is 366 g/mol. The summed E-state index contributed by atoms with van der Waals surface area (Å²) < 4.78 is 2.43. The molecule has 0 aliphatic carbocycles. The fourth-order valence-corrected chi connectivity index (χ4v) is 3.12. The lowest BCUT2D eigenvalue weighted by molar-refractivity contribution is 0.960. The Bertz CT molecular complexity index is 1090. The lowest BCUT2D eigenvalue weighted by Gasteiger charge is -2.14. The van der Waals surface area contributed by atoms with E-state index in [0.717, 1.165) is 10.2 Å². The van der Waals surface area contributed by atoms with Gasteiger partial charge in [0.15, 0.2) is 5.82 Å². The van der Waals surface area contributed by atoms with Gasteiger partial charge in [-0.25, -0.2) is 4.98 Å². The van der Waals surface area contributed by atoms with Gasteiger partial charge in [-0.1, -0.05) is 30.3 Å². The second-order valence-corrected chi connectivity index (χ2v) is 6.11. The first-order chi connectivity index (χ1) is 11.8. The molecule has 2 heterocycles. The number of aromatic nitrogens is 3. The molecule has 0 bridgehead atoms. The van der Waals surface area contributed by atoms with E-state index in [9.17, 15) is 4.79 Å². The van der Waals surface area contributed by atoms with E-state index in [1.807, 2.05) is 60.7 Å². The fraction of sp³-hybridized carbons (Fsp3) is 0. The zero-order valence-corrected chi connectivity index (χ0v) is 14.1. The summed E-state index contributed by atoms with van der Waals surface area (Å²) in [4.78, 5) is 22.2. The molecule has 2 aromatic heterocycles. The predicted octanol–water partition coefficient (Wildman–Crippen LogP) is 4.21. The van der Waals surface area contributed by atoms with Gasteiger partial charge in [0.25, 0.3) is 5.56 Å². The van der Waals surface area contributed by atoms with Crippen LogP contribution in [0, 0.1) is 0 Å². The summed E-state index contributed by atoms with van der Waals surface area (Å²) in [7, 11) is 0. The van der Waals surface area contributed by atoms with E-state index in [0.29, 0.717) is 22.4 Å². The number of para-hydroxylation sites is 2. The molecule has 0 amide bonds. The molecule has 4 rings (SSSR count). The van der Waals surface area contributed by atoms with E-state index in [1.54, 1.807) is 16.8 Å². The second-order valence-electron chi connectivity index (χ2n) is 5.26. The number of nitrogens with zero attached hydrogens (tertiary/aromatic N) is 3. The molecule has 116 valence electrons. The summed E-state index contributed by atoms with van der Waals surface area (Å²) in [6, 6.07) is 20.5. The van der Waals surface area contributed by atoms with E-state index in [4.69, 9.17) is 4.98 Å². The van der Waals surface area contributed by atoms with Crippen LogP contribution in [0.25, 0.3) is 28.1 Å². The standard InChI is InChI=1S/C19H12BrN3O/c20-14-8-2-4-11-17(14)23-18(16-10-5-6-12-21-16)22-15-9-3-1-7-13(15)19(23)24/h1-12H. The summed E-state index contributed by atoms with van der Waals surface area (Å²) in [5.74, 6) is 0.520. The number of pyridine rings is 1. The Morgan fingerprint density at radius 2 is 1.62 bits per heavy atom. The molecule has 0 unspecified atom stereocenters. The maximum absolute atomic E-state index is 13.1. The van der Waals surface area contributed by atoms with Crippen LogP contribution < -0.4 is 5.56 Å². The predicted molar refractivity (Wildman–Crippen MR) is 98.3 cm³/mol. The molecule has 0 aliphatic rings. The zero-order chi connectivity index (χ0) is 16.5. The number of benzene rings is 2. The number of rotatable bonds is 2. The Balaban J connectivity index is 2.16. The fourth-order valence-electron chi connectivity index (χ4n) is 2.66. The average molecular weight is 378 g/mol. The Morgan fingerprint density at radius 1 is 0.875 bits per heavy atom. The van der Waals surface area contributed by atoms with Crippen LogP contribution in [-0.4, -0.2) is 14.5 Å². The maximum atomic E-state index is 13.1. The highest BCUT2D eigenvalue weighted by Gasteiger charge is 2.16. The minimum absolute atomic E-state index is 0.117. The van der Waals surface area contributed by atoms with Crippen molar-refractivity contribution in [2.45, 2.75) is 0 Å². The van der Waals surface area contributed by atoms with Gasteiger partial charge >= 0.3 is 0 Å². The van der Waals surface area contributed by atoms with Crippen molar-refractivity contribution in [2.24, 2.45) is 0 Å². The molecule has 5 heteroatoms. The second kappa shape index (κ2) is 6.02. The summed E-state index contributed by atoms with van der Waals surface area (Å²) in [6.45, 7) is 0. The van der Waals surface area contributed by atoms with E-state index < -0.39 is 0 Å². The number of hydrogen-bond acceptors (Lipinski definition) is 3. The van der Waals surface area contributed by atoms with Gasteiger partial charge in [-0.3, -0.25) is 14.3 Å². The van der Waals surface area contributed by atoms with Gasteiger partial charge in [0.05, 0.1) is 16.6 Å². The molecule has 4 nitrogen and oxygen atoms in total. The number of fused-ring (bicyclic) bond motifs is 1. The quantitative estimate of drug-likeness (QED) is 0.525. The van der Waals surface area contributed by atoms with Crippen molar-refractivity contribution in [2.75, 3.05) is 0 Å². The third-order valence-corrected chi connectivity index (χ3v) is 4.43. The van der Waals surface area contributed by atoms with Crippen LogP contribution in [0.5, 0.6) is 0 Å². The van der Waals surface area contributed by atoms with Crippen LogP contribution in [0.15, 0.2) is 82.2 Å². The molecule has 0 N–H and O–H groups in total.